The third-order valence-electron chi connectivity index (χ3n) is 2.30. The molecule has 0 amide bonds. The Hall–Kier alpha value is -1.45. The van der Waals surface area contributed by atoms with Gasteiger partial charge in [0.05, 0.1) is 10.6 Å². The molecule has 9 heteroatoms. The van der Waals surface area contributed by atoms with Crippen LogP contribution in [0.15, 0.2) is 39.0 Å². The van der Waals surface area contributed by atoms with Gasteiger partial charge in [-0.05, 0) is 34.1 Å². The van der Waals surface area contributed by atoms with Crippen molar-refractivity contribution in [3.63, 3.8) is 0 Å². The first kappa shape index (κ1) is 14.9. The second-order valence-electron chi connectivity index (χ2n) is 3.65. The molecular formula is C11H7BrFNO4S2. The summed E-state index contributed by atoms with van der Waals surface area (Å²) in [5.74, 6) is -1.96. The molecule has 0 aliphatic heterocycles. The minimum Gasteiger partial charge on any atom is -0.477 e. The van der Waals surface area contributed by atoms with Gasteiger partial charge in [-0.25, -0.2) is 17.6 Å². The summed E-state index contributed by atoms with van der Waals surface area (Å²) < 4.78 is 40.0. The molecule has 20 heavy (non-hydrogen) atoms. The molecule has 0 aliphatic rings. The van der Waals surface area contributed by atoms with Crippen LogP contribution in [0.2, 0.25) is 0 Å². The van der Waals surface area contributed by atoms with Crippen LogP contribution in [-0.4, -0.2) is 19.5 Å². The van der Waals surface area contributed by atoms with Crippen LogP contribution in [0.3, 0.4) is 0 Å². The van der Waals surface area contributed by atoms with E-state index in [9.17, 15) is 17.6 Å². The summed E-state index contributed by atoms with van der Waals surface area (Å²) in [6, 6.07) is 5.03. The highest BCUT2D eigenvalue weighted by Crippen LogP contribution is 2.29. The number of carboxylic acids is 1. The van der Waals surface area contributed by atoms with E-state index in [0.29, 0.717) is 0 Å². The van der Waals surface area contributed by atoms with Crippen LogP contribution < -0.4 is 4.72 Å². The van der Waals surface area contributed by atoms with E-state index in [2.05, 4.69) is 20.7 Å². The van der Waals surface area contributed by atoms with Gasteiger partial charge in [0.15, 0.2) is 0 Å². The molecule has 0 radical (unpaired) electrons. The number of benzene rings is 1. The molecule has 2 aromatic rings. The van der Waals surface area contributed by atoms with Gasteiger partial charge < -0.3 is 5.11 Å². The van der Waals surface area contributed by atoms with Crippen molar-refractivity contribution in [3.05, 3.63) is 44.8 Å². The van der Waals surface area contributed by atoms with Crippen molar-refractivity contribution >= 4 is 48.9 Å². The van der Waals surface area contributed by atoms with E-state index >= 15 is 0 Å². The number of anilines is 1. The van der Waals surface area contributed by atoms with Crippen molar-refractivity contribution in [1.82, 2.24) is 0 Å². The predicted octanol–water partition coefficient (Wildman–Crippen LogP) is 3.15. The average Bonchev–Trinajstić information content (AvgIpc) is 2.84. The van der Waals surface area contributed by atoms with Gasteiger partial charge in [0.2, 0.25) is 0 Å². The number of carbonyl (C=O) groups is 1. The fourth-order valence-electron chi connectivity index (χ4n) is 1.36. The number of halogens is 2. The summed E-state index contributed by atoms with van der Waals surface area (Å²) in [5.41, 5.74) is -0.226. The van der Waals surface area contributed by atoms with Crippen LogP contribution in [0, 0.1) is 5.82 Å². The van der Waals surface area contributed by atoms with Gasteiger partial charge in [-0.2, -0.15) is 0 Å². The highest BCUT2D eigenvalue weighted by molar-refractivity contribution is 9.10. The third-order valence-corrected chi connectivity index (χ3v) is 5.35. The SMILES string of the molecule is O=C(O)c1cc(S(=O)(=O)Nc2c(F)cccc2Br)cs1. The average molecular weight is 380 g/mol. The predicted molar refractivity (Wildman–Crippen MR) is 76.2 cm³/mol. The maximum atomic E-state index is 13.6. The Bertz CT molecular complexity index is 752. The zero-order valence-corrected chi connectivity index (χ0v) is 12.9. The van der Waals surface area contributed by atoms with Crippen LogP contribution in [-0.2, 0) is 10.0 Å². The van der Waals surface area contributed by atoms with Crippen molar-refractivity contribution in [3.8, 4) is 0 Å². The molecular weight excluding hydrogens is 373 g/mol. The molecule has 0 atom stereocenters. The first-order valence-electron chi connectivity index (χ1n) is 5.10. The molecule has 0 fully saturated rings. The van der Waals surface area contributed by atoms with Gasteiger partial charge in [-0.1, -0.05) is 6.07 Å². The minimum absolute atomic E-state index is 0.113. The van der Waals surface area contributed by atoms with E-state index in [1.54, 1.807) is 0 Å². The lowest BCUT2D eigenvalue weighted by atomic mass is 10.3. The number of sulfonamides is 1. The van der Waals surface area contributed by atoms with Crippen LogP contribution in [0.5, 0.6) is 0 Å². The molecule has 2 rings (SSSR count). The topological polar surface area (TPSA) is 83.5 Å². The highest BCUT2D eigenvalue weighted by Gasteiger charge is 2.21. The second-order valence-corrected chi connectivity index (χ2v) is 7.10. The lowest BCUT2D eigenvalue weighted by Gasteiger charge is -2.09. The first-order valence-corrected chi connectivity index (χ1v) is 8.25. The second kappa shape index (κ2) is 5.51. The third kappa shape index (κ3) is 3.00. The summed E-state index contributed by atoms with van der Waals surface area (Å²) in [5, 5.41) is 9.95. The molecule has 0 bridgehead atoms. The molecule has 0 saturated carbocycles. The van der Waals surface area contributed by atoms with Gasteiger partial charge in [0.25, 0.3) is 10.0 Å². The van der Waals surface area contributed by atoms with E-state index in [1.807, 2.05) is 0 Å². The Labute approximate surface area is 126 Å². The van der Waals surface area contributed by atoms with Crippen LogP contribution >= 0.6 is 27.3 Å². The molecule has 1 heterocycles. The molecule has 0 unspecified atom stereocenters. The fraction of sp³-hybridized carbons (Fsp3) is 0. The van der Waals surface area contributed by atoms with Gasteiger partial charge >= 0.3 is 5.97 Å². The fourth-order valence-corrected chi connectivity index (χ4v) is 4.13. The Morgan fingerprint density at radius 3 is 2.65 bits per heavy atom. The van der Waals surface area contributed by atoms with E-state index < -0.39 is 21.8 Å². The standard InChI is InChI=1S/C11H7BrFNO4S2/c12-7-2-1-3-8(13)10(7)14-20(17,18)6-4-9(11(15)16)19-5-6/h1-5,14H,(H,15,16). The highest BCUT2D eigenvalue weighted by atomic mass is 79.9. The van der Waals surface area contributed by atoms with Gasteiger partial charge in [-0.3, -0.25) is 4.72 Å². The van der Waals surface area contributed by atoms with E-state index in [1.165, 1.54) is 17.5 Å². The lowest BCUT2D eigenvalue weighted by Crippen LogP contribution is -2.13. The summed E-state index contributed by atoms with van der Waals surface area (Å²) in [6.07, 6.45) is 0. The summed E-state index contributed by atoms with van der Waals surface area (Å²) in [6.45, 7) is 0. The number of para-hydroxylation sites is 1. The maximum absolute atomic E-state index is 13.6. The molecule has 0 saturated heterocycles. The van der Waals surface area contributed by atoms with Crippen LogP contribution in [0.4, 0.5) is 10.1 Å². The van der Waals surface area contributed by atoms with Crippen LogP contribution in [0.1, 0.15) is 9.67 Å². The summed E-state index contributed by atoms with van der Waals surface area (Å²) >= 11 is 3.82. The summed E-state index contributed by atoms with van der Waals surface area (Å²) in [4.78, 5) is 10.4. The van der Waals surface area contributed by atoms with Crippen molar-refractivity contribution in [1.29, 1.82) is 0 Å². The minimum atomic E-state index is -4.04. The Balaban J connectivity index is 2.38. The molecule has 2 N–H and O–H groups in total. The van der Waals surface area contributed by atoms with Crippen molar-refractivity contribution < 1.29 is 22.7 Å². The number of rotatable bonds is 4. The number of hydrogen-bond acceptors (Lipinski definition) is 4. The summed E-state index contributed by atoms with van der Waals surface area (Å²) in [7, 11) is -4.04. The number of carboxylic acid groups (broad SMARTS) is 1. The molecule has 0 spiro atoms. The molecule has 106 valence electrons. The maximum Gasteiger partial charge on any atom is 0.345 e. The molecule has 0 aliphatic carbocycles. The van der Waals surface area contributed by atoms with Gasteiger partial charge in [0.1, 0.15) is 10.7 Å². The van der Waals surface area contributed by atoms with E-state index in [-0.39, 0.29) is 19.9 Å². The van der Waals surface area contributed by atoms with Gasteiger partial charge in [-0.15, -0.1) is 11.3 Å². The van der Waals surface area contributed by atoms with Crippen LogP contribution in [0.25, 0.3) is 0 Å². The smallest absolute Gasteiger partial charge is 0.345 e. The number of aromatic carboxylic acids is 1. The van der Waals surface area contributed by atoms with Crippen molar-refractivity contribution in [2.75, 3.05) is 4.72 Å². The lowest BCUT2D eigenvalue weighted by molar-refractivity contribution is 0.0702. The number of thiophene rings is 1. The Morgan fingerprint density at radius 1 is 1.40 bits per heavy atom. The molecule has 1 aromatic carbocycles. The van der Waals surface area contributed by atoms with E-state index in [4.69, 9.17) is 5.11 Å². The Morgan fingerprint density at radius 2 is 2.10 bits per heavy atom. The van der Waals surface area contributed by atoms with E-state index in [0.717, 1.165) is 23.5 Å². The van der Waals surface area contributed by atoms with Crippen molar-refractivity contribution in [2.45, 2.75) is 4.90 Å². The quantitative estimate of drug-likeness (QED) is 0.854. The zero-order chi connectivity index (χ0) is 14.9. The number of nitrogens with one attached hydrogen (secondary N) is 1. The molecule has 1 aromatic heterocycles. The number of hydrogen-bond donors (Lipinski definition) is 2. The monoisotopic (exact) mass is 379 g/mol. The van der Waals surface area contributed by atoms with Crippen molar-refractivity contribution in [2.24, 2.45) is 0 Å². The normalized spacial score (nSPS) is 11.3. The molecule has 5 nitrogen and oxygen atoms in total. The Kier molecular flexibility index (Phi) is 4.11. The first-order chi connectivity index (χ1) is 9.31. The largest absolute Gasteiger partial charge is 0.477 e. The van der Waals surface area contributed by atoms with Gasteiger partial charge in [0, 0.05) is 9.85 Å². The zero-order valence-electron chi connectivity index (χ0n) is 9.63.